The zero-order chi connectivity index (χ0) is 9.31. The summed E-state index contributed by atoms with van der Waals surface area (Å²) < 4.78 is 0. The predicted molar refractivity (Wildman–Crippen MR) is 56.8 cm³/mol. The number of nitrogens with one attached hydrogen (secondary N) is 1. The second kappa shape index (κ2) is 3.61. The second-order valence-corrected chi connectivity index (χ2v) is 5.28. The van der Waals surface area contributed by atoms with E-state index in [1.54, 1.807) is 0 Å². The van der Waals surface area contributed by atoms with E-state index in [9.17, 15) is 0 Å². The molecule has 0 aromatic heterocycles. The van der Waals surface area contributed by atoms with Gasteiger partial charge in [0.25, 0.3) is 0 Å². The highest BCUT2D eigenvalue weighted by Crippen LogP contribution is 2.43. The van der Waals surface area contributed by atoms with Gasteiger partial charge in [0.15, 0.2) is 0 Å². The summed E-state index contributed by atoms with van der Waals surface area (Å²) in [6, 6.07) is 0. The molecule has 0 unspecified atom stereocenters. The van der Waals surface area contributed by atoms with Crippen molar-refractivity contribution in [2.24, 2.45) is 11.8 Å². The van der Waals surface area contributed by atoms with E-state index < -0.39 is 0 Å². The Hall–Kier alpha value is -0.0400. The molecule has 1 saturated heterocycles. The van der Waals surface area contributed by atoms with Crippen molar-refractivity contribution in [3.8, 4) is 0 Å². The van der Waals surface area contributed by atoms with Crippen LogP contribution in [0.5, 0.6) is 0 Å². The van der Waals surface area contributed by atoms with E-state index >= 15 is 0 Å². The molecular formula is C12H23N. The third-order valence-electron chi connectivity index (χ3n) is 4.18. The van der Waals surface area contributed by atoms with Crippen LogP contribution in [0, 0.1) is 11.8 Å². The minimum atomic E-state index is 0.562. The molecule has 0 aromatic carbocycles. The maximum atomic E-state index is 3.80. The van der Waals surface area contributed by atoms with Gasteiger partial charge in [0.1, 0.15) is 0 Å². The molecule has 76 valence electrons. The third-order valence-corrected chi connectivity index (χ3v) is 4.18. The summed E-state index contributed by atoms with van der Waals surface area (Å²) in [4.78, 5) is 0. The first-order valence-corrected chi connectivity index (χ1v) is 6.00. The Bertz CT molecular complexity index is 168. The molecule has 2 fully saturated rings. The summed E-state index contributed by atoms with van der Waals surface area (Å²) in [5.41, 5.74) is 0.562. The van der Waals surface area contributed by atoms with Gasteiger partial charge in [-0.25, -0.2) is 0 Å². The smallest absolute Gasteiger partial charge is 0.0212 e. The molecule has 2 rings (SSSR count). The van der Waals surface area contributed by atoms with E-state index in [-0.39, 0.29) is 0 Å². The van der Waals surface area contributed by atoms with Crippen LogP contribution in [0.1, 0.15) is 52.4 Å². The first-order chi connectivity index (χ1) is 6.25. The van der Waals surface area contributed by atoms with Crippen LogP contribution in [0.2, 0.25) is 0 Å². The summed E-state index contributed by atoms with van der Waals surface area (Å²) in [6.07, 6.45) is 8.67. The van der Waals surface area contributed by atoms with Gasteiger partial charge in [0.2, 0.25) is 0 Å². The minimum absolute atomic E-state index is 0.562. The molecule has 2 atom stereocenters. The van der Waals surface area contributed by atoms with Crippen LogP contribution in [0.3, 0.4) is 0 Å². The molecule has 0 aromatic rings. The van der Waals surface area contributed by atoms with E-state index in [1.807, 2.05) is 0 Å². The lowest BCUT2D eigenvalue weighted by atomic mass is 9.67. The van der Waals surface area contributed by atoms with Gasteiger partial charge in [-0.2, -0.15) is 0 Å². The van der Waals surface area contributed by atoms with Gasteiger partial charge in [0, 0.05) is 5.54 Å². The van der Waals surface area contributed by atoms with E-state index in [0.717, 1.165) is 11.8 Å². The Labute approximate surface area is 82.3 Å². The van der Waals surface area contributed by atoms with Crippen LogP contribution < -0.4 is 5.32 Å². The van der Waals surface area contributed by atoms with Crippen LogP contribution in [0.25, 0.3) is 0 Å². The van der Waals surface area contributed by atoms with Crippen LogP contribution in [0.4, 0.5) is 0 Å². The highest BCUT2D eigenvalue weighted by Gasteiger charge is 2.43. The SMILES string of the molecule is CC(C)[C@H]1CCCC[C@]12CCCN2. The molecule has 0 bridgehead atoms. The highest BCUT2D eigenvalue weighted by molar-refractivity contribution is 5.01. The molecule has 1 aliphatic heterocycles. The van der Waals surface area contributed by atoms with Crippen molar-refractivity contribution >= 4 is 0 Å². The molecule has 1 aliphatic carbocycles. The van der Waals surface area contributed by atoms with Crippen LogP contribution >= 0.6 is 0 Å². The molecule has 1 saturated carbocycles. The Morgan fingerprint density at radius 3 is 2.54 bits per heavy atom. The fourth-order valence-electron chi connectivity index (χ4n) is 3.60. The van der Waals surface area contributed by atoms with Crippen molar-refractivity contribution in [2.75, 3.05) is 6.54 Å². The summed E-state index contributed by atoms with van der Waals surface area (Å²) >= 11 is 0. The molecule has 0 radical (unpaired) electrons. The van der Waals surface area contributed by atoms with Gasteiger partial charge >= 0.3 is 0 Å². The molecule has 2 aliphatic rings. The average molecular weight is 181 g/mol. The molecular weight excluding hydrogens is 158 g/mol. The summed E-state index contributed by atoms with van der Waals surface area (Å²) in [5.74, 6) is 1.81. The molecule has 13 heavy (non-hydrogen) atoms. The van der Waals surface area contributed by atoms with Crippen LogP contribution in [-0.2, 0) is 0 Å². The van der Waals surface area contributed by atoms with Crippen LogP contribution in [-0.4, -0.2) is 12.1 Å². The minimum Gasteiger partial charge on any atom is -0.311 e. The van der Waals surface area contributed by atoms with Crippen molar-refractivity contribution in [2.45, 2.75) is 57.9 Å². The van der Waals surface area contributed by atoms with E-state index in [1.165, 1.54) is 45.1 Å². The maximum Gasteiger partial charge on any atom is 0.0212 e. The first-order valence-electron chi connectivity index (χ1n) is 6.00. The van der Waals surface area contributed by atoms with Gasteiger partial charge in [-0.3, -0.25) is 0 Å². The van der Waals surface area contributed by atoms with Crippen molar-refractivity contribution in [1.29, 1.82) is 0 Å². The number of hydrogen-bond donors (Lipinski definition) is 1. The topological polar surface area (TPSA) is 12.0 Å². The lowest BCUT2D eigenvalue weighted by Gasteiger charge is -2.44. The van der Waals surface area contributed by atoms with Crippen LogP contribution in [0.15, 0.2) is 0 Å². The van der Waals surface area contributed by atoms with Gasteiger partial charge in [-0.05, 0) is 44.1 Å². The normalized spacial score (nSPS) is 40.4. The summed E-state index contributed by atoms with van der Waals surface area (Å²) in [6.45, 7) is 6.07. The molecule has 1 heteroatoms. The van der Waals surface area contributed by atoms with Crippen molar-refractivity contribution in [3.05, 3.63) is 0 Å². The number of rotatable bonds is 1. The second-order valence-electron chi connectivity index (χ2n) is 5.28. The average Bonchev–Trinajstić information content (AvgIpc) is 2.54. The summed E-state index contributed by atoms with van der Waals surface area (Å²) in [5, 5.41) is 3.80. The standard InChI is InChI=1S/C12H23N/c1-10(2)11-6-3-4-7-12(11)8-5-9-13-12/h10-11,13H,3-9H2,1-2H3/t11-,12+/m1/s1. The van der Waals surface area contributed by atoms with Gasteiger partial charge in [-0.15, -0.1) is 0 Å². The maximum absolute atomic E-state index is 3.80. The molecule has 1 nitrogen and oxygen atoms in total. The van der Waals surface area contributed by atoms with E-state index in [4.69, 9.17) is 0 Å². The van der Waals surface area contributed by atoms with Crippen molar-refractivity contribution in [1.82, 2.24) is 5.32 Å². The summed E-state index contributed by atoms with van der Waals surface area (Å²) in [7, 11) is 0. The quantitative estimate of drug-likeness (QED) is 0.656. The Kier molecular flexibility index (Phi) is 2.64. The zero-order valence-corrected chi connectivity index (χ0v) is 9.10. The van der Waals surface area contributed by atoms with Crippen molar-refractivity contribution < 1.29 is 0 Å². The van der Waals surface area contributed by atoms with Gasteiger partial charge < -0.3 is 5.32 Å². The van der Waals surface area contributed by atoms with Gasteiger partial charge in [0.05, 0.1) is 0 Å². The first kappa shape index (κ1) is 9.51. The third kappa shape index (κ3) is 1.63. The lowest BCUT2D eigenvalue weighted by molar-refractivity contribution is 0.121. The number of hydrogen-bond acceptors (Lipinski definition) is 1. The molecule has 1 heterocycles. The largest absolute Gasteiger partial charge is 0.311 e. The van der Waals surface area contributed by atoms with Crippen molar-refractivity contribution in [3.63, 3.8) is 0 Å². The zero-order valence-electron chi connectivity index (χ0n) is 9.10. The monoisotopic (exact) mass is 181 g/mol. The Balaban J connectivity index is 2.12. The fourth-order valence-corrected chi connectivity index (χ4v) is 3.60. The lowest BCUT2D eigenvalue weighted by Crippen LogP contribution is -2.50. The molecule has 1 spiro atoms. The molecule has 1 N–H and O–H groups in total. The molecule has 0 amide bonds. The fraction of sp³-hybridized carbons (Fsp3) is 1.00. The highest BCUT2D eigenvalue weighted by atomic mass is 15.0. The Morgan fingerprint density at radius 1 is 1.15 bits per heavy atom. The van der Waals surface area contributed by atoms with E-state index in [0.29, 0.717) is 5.54 Å². The Morgan fingerprint density at radius 2 is 1.92 bits per heavy atom. The van der Waals surface area contributed by atoms with Gasteiger partial charge in [-0.1, -0.05) is 26.7 Å². The predicted octanol–water partition coefficient (Wildman–Crippen LogP) is 2.95. The van der Waals surface area contributed by atoms with E-state index in [2.05, 4.69) is 19.2 Å².